The van der Waals surface area contributed by atoms with Crippen LogP contribution in [0.3, 0.4) is 0 Å². The van der Waals surface area contributed by atoms with Crippen molar-refractivity contribution in [2.24, 2.45) is 4.99 Å². The zero-order valence-corrected chi connectivity index (χ0v) is 16.1. The first kappa shape index (κ1) is 19.1. The van der Waals surface area contributed by atoms with Crippen molar-refractivity contribution in [2.45, 2.75) is 0 Å². The minimum Gasteiger partial charge on any atom is -0.495 e. The number of aliphatic imine (C=N–C) groups is 1. The maximum Gasteiger partial charge on any atom is 0.205 e. The number of rotatable bonds is 6. The van der Waals surface area contributed by atoms with Gasteiger partial charge in [0.15, 0.2) is 0 Å². The van der Waals surface area contributed by atoms with Crippen molar-refractivity contribution in [2.75, 3.05) is 32.0 Å². The average Bonchev–Trinajstić information content (AvgIpc) is 2.75. The molecule has 3 rings (SSSR count). The molecule has 0 aliphatic rings. The van der Waals surface area contributed by atoms with Crippen molar-refractivity contribution in [1.82, 2.24) is 0 Å². The van der Waals surface area contributed by atoms with Crippen LogP contribution in [0.15, 0.2) is 77.8 Å². The minimum atomic E-state index is 0.499. The first-order chi connectivity index (χ1) is 13.7. The number of nitrogens with zero attached hydrogens (tertiary/aromatic N) is 1. The smallest absolute Gasteiger partial charge is 0.205 e. The second-order valence-electron chi connectivity index (χ2n) is 5.78. The zero-order chi connectivity index (χ0) is 19.8. The molecule has 0 heterocycles. The lowest BCUT2D eigenvalue weighted by molar-refractivity contribution is 0.416. The van der Waals surface area contributed by atoms with Crippen molar-refractivity contribution in [3.05, 3.63) is 72.8 Å². The van der Waals surface area contributed by atoms with Gasteiger partial charge in [-0.15, -0.1) is 0 Å². The van der Waals surface area contributed by atoms with Gasteiger partial charge >= 0.3 is 0 Å². The molecule has 6 heteroatoms. The van der Waals surface area contributed by atoms with Gasteiger partial charge in [0.25, 0.3) is 0 Å². The first-order valence-corrected chi connectivity index (χ1v) is 8.77. The quantitative estimate of drug-likeness (QED) is 0.471. The van der Waals surface area contributed by atoms with Gasteiger partial charge in [-0.05, 0) is 36.4 Å². The van der Waals surface area contributed by atoms with Crippen LogP contribution in [0.4, 0.5) is 17.1 Å². The van der Waals surface area contributed by atoms with Gasteiger partial charge in [0.05, 0.1) is 32.7 Å². The monoisotopic (exact) mass is 377 g/mol. The Labute approximate surface area is 164 Å². The molecule has 0 unspecified atom stereocenters. The molecular weight excluding hydrogens is 354 g/mol. The Balaban J connectivity index is 2.01. The summed E-state index contributed by atoms with van der Waals surface area (Å²) in [6, 6.07) is 22.8. The van der Waals surface area contributed by atoms with Crippen molar-refractivity contribution in [1.29, 1.82) is 0 Å². The van der Waals surface area contributed by atoms with Crippen molar-refractivity contribution < 1.29 is 14.2 Å². The van der Waals surface area contributed by atoms with Gasteiger partial charge in [0.1, 0.15) is 22.9 Å². The third-order valence-corrected chi connectivity index (χ3v) is 4.04. The highest BCUT2D eigenvalue weighted by Crippen LogP contribution is 2.29. The molecule has 2 N–H and O–H groups in total. The second kappa shape index (κ2) is 9.32. The number of guanidine groups is 1. The first-order valence-electron chi connectivity index (χ1n) is 8.77. The normalized spacial score (nSPS) is 9.96. The fourth-order valence-electron chi connectivity index (χ4n) is 2.68. The molecule has 3 aromatic carbocycles. The number of hydrogen-bond donors (Lipinski definition) is 2. The molecule has 0 saturated heterocycles. The predicted molar refractivity (Wildman–Crippen MR) is 113 cm³/mol. The van der Waals surface area contributed by atoms with E-state index >= 15 is 0 Å². The van der Waals surface area contributed by atoms with Gasteiger partial charge in [-0.25, -0.2) is 4.99 Å². The second-order valence-corrected chi connectivity index (χ2v) is 5.78. The Hall–Kier alpha value is -3.67. The lowest BCUT2D eigenvalue weighted by Gasteiger charge is -2.17. The third-order valence-electron chi connectivity index (χ3n) is 4.04. The van der Waals surface area contributed by atoms with E-state index in [9.17, 15) is 0 Å². The van der Waals surface area contributed by atoms with E-state index < -0.39 is 0 Å². The van der Waals surface area contributed by atoms with Gasteiger partial charge in [0, 0.05) is 0 Å². The van der Waals surface area contributed by atoms with Crippen LogP contribution in [0.2, 0.25) is 0 Å². The van der Waals surface area contributed by atoms with E-state index in [2.05, 4.69) is 10.6 Å². The molecule has 0 fully saturated rings. The predicted octanol–water partition coefficient (Wildman–Crippen LogP) is 4.92. The van der Waals surface area contributed by atoms with E-state index in [1.54, 1.807) is 21.3 Å². The molecule has 0 aliphatic heterocycles. The average molecular weight is 377 g/mol. The molecule has 0 bridgehead atoms. The maximum atomic E-state index is 5.44. The molecule has 144 valence electrons. The maximum absolute atomic E-state index is 5.44. The molecule has 3 aromatic rings. The topological polar surface area (TPSA) is 64.1 Å². The van der Waals surface area contributed by atoms with Gasteiger partial charge in [-0.1, -0.05) is 36.4 Å². The molecule has 0 amide bonds. The number of benzene rings is 3. The Morgan fingerprint density at radius 2 is 1.04 bits per heavy atom. The number of anilines is 2. The van der Waals surface area contributed by atoms with Gasteiger partial charge in [0.2, 0.25) is 5.96 Å². The van der Waals surface area contributed by atoms with Crippen LogP contribution in [0.25, 0.3) is 0 Å². The van der Waals surface area contributed by atoms with Crippen molar-refractivity contribution >= 4 is 23.0 Å². The van der Waals surface area contributed by atoms with Gasteiger partial charge in [-0.2, -0.15) is 0 Å². The highest BCUT2D eigenvalue weighted by atomic mass is 16.5. The molecule has 0 aromatic heterocycles. The molecule has 0 atom stereocenters. The van der Waals surface area contributed by atoms with Crippen molar-refractivity contribution in [3.63, 3.8) is 0 Å². The lowest BCUT2D eigenvalue weighted by atomic mass is 10.2. The van der Waals surface area contributed by atoms with Crippen LogP contribution in [0.5, 0.6) is 17.2 Å². The van der Waals surface area contributed by atoms with Crippen LogP contribution < -0.4 is 24.8 Å². The third kappa shape index (κ3) is 4.54. The summed E-state index contributed by atoms with van der Waals surface area (Å²) in [5.41, 5.74) is 2.24. The molecule has 0 radical (unpaired) electrons. The van der Waals surface area contributed by atoms with Crippen molar-refractivity contribution in [3.8, 4) is 17.2 Å². The van der Waals surface area contributed by atoms with Crippen LogP contribution in [-0.4, -0.2) is 27.3 Å². The zero-order valence-electron chi connectivity index (χ0n) is 16.1. The number of methoxy groups -OCH3 is 3. The minimum absolute atomic E-state index is 0.499. The fourth-order valence-corrected chi connectivity index (χ4v) is 2.68. The van der Waals surface area contributed by atoms with Crippen LogP contribution in [-0.2, 0) is 0 Å². The fraction of sp³-hybridized carbons (Fsp3) is 0.136. The van der Waals surface area contributed by atoms with Gasteiger partial charge < -0.3 is 24.8 Å². The molecule has 0 spiro atoms. The molecule has 0 saturated carbocycles. The Morgan fingerprint density at radius 1 is 0.607 bits per heavy atom. The molecule has 0 aliphatic carbocycles. The van der Waals surface area contributed by atoms with E-state index in [0.29, 0.717) is 28.9 Å². The number of ether oxygens (including phenoxy) is 3. The Morgan fingerprint density at radius 3 is 1.54 bits per heavy atom. The standard InChI is InChI=1S/C22H23N3O3/c1-26-19-13-7-4-10-16(19)23-22(24-17-11-5-8-14-20(17)27-2)25-18-12-6-9-15-21(18)28-3/h4-15H,1-3H3,(H2,23,24,25). The largest absolute Gasteiger partial charge is 0.495 e. The summed E-state index contributed by atoms with van der Waals surface area (Å²) >= 11 is 0. The SMILES string of the molecule is COc1ccccc1N=C(Nc1ccccc1OC)Nc1ccccc1OC. The van der Waals surface area contributed by atoms with E-state index in [1.807, 2.05) is 72.8 Å². The summed E-state index contributed by atoms with van der Waals surface area (Å²) in [7, 11) is 4.88. The Bertz CT molecular complexity index is 906. The summed E-state index contributed by atoms with van der Waals surface area (Å²) in [4.78, 5) is 4.73. The van der Waals surface area contributed by atoms with Crippen LogP contribution in [0.1, 0.15) is 0 Å². The van der Waals surface area contributed by atoms with E-state index in [0.717, 1.165) is 11.4 Å². The summed E-state index contributed by atoms with van der Waals surface area (Å²) in [5.74, 6) is 2.58. The molecule has 6 nitrogen and oxygen atoms in total. The molecular formula is C22H23N3O3. The van der Waals surface area contributed by atoms with Gasteiger partial charge in [-0.3, -0.25) is 0 Å². The van der Waals surface area contributed by atoms with E-state index in [1.165, 1.54) is 0 Å². The van der Waals surface area contributed by atoms with E-state index in [4.69, 9.17) is 19.2 Å². The van der Waals surface area contributed by atoms with Crippen LogP contribution in [0, 0.1) is 0 Å². The number of nitrogens with one attached hydrogen (secondary N) is 2. The summed E-state index contributed by atoms with van der Waals surface area (Å²) < 4.78 is 16.3. The summed E-state index contributed by atoms with van der Waals surface area (Å²) in [5, 5.41) is 6.60. The summed E-state index contributed by atoms with van der Waals surface area (Å²) in [6.45, 7) is 0. The lowest BCUT2D eigenvalue weighted by Crippen LogP contribution is -2.22. The number of para-hydroxylation sites is 6. The summed E-state index contributed by atoms with van der Waals surface area (Å²) in [6.07, 6.45) is 0. The highest BCUT2D eigenvalue weighted by Gasteiger charge is 2.10. The number of hydrogen-bond acceptors (Lipinski definition) is 4. The Kier molecular flexibility index (Phi) is 6.36. The molecule has 28 heavy (non-hydrogen) atoms. The van der Waals surface area contributed by atoms with E-state index in [-0.39, 0.29) is 0 Å². The van der Waals surface area contributed by atoms with Crippen LogP contribution >= 0.6 is 0 Å². The highest BCUT2D eigenvalue weighted by molar-refractivity contribution is 6.06.